The number of fused-ring (bicyclic) bond motifs is 3. The van der Waals surface area contributed by atoms with Gasteiger partial charge in [0.25, 0.3) is 11.1 Å². The topological polar surface area (TPSA) is 339 Å². The number of imidazole rings is 1. The van der Waals surface area contributed by atoms with Crippen LogP contribution in [-0.4, -0.2) is 107 Å². The molecule has 5 aliphatic rings. The lowest BCUT2D eigenvalue weighted by molar-refractivity contribution is -0.0572. The number of aromatic nitrogens is 6. The lowest BCUT2D eigenvalue weighted by Gasteiger charge is -2.25. The molecule has 1 saturated carbocycles. The van der Waals surface area contributed by atoms with Gasteiger partial charge in [0, 0.05) is 31.2 Å². The predicted octanol–water partition coefficient (Wildman–Crippen LogP) is 1.66. The molecule has 8 rings (SSSR count). The molecule has 0 radical (unpaired) electrons. The number of H-pyrrole nitrogens is 2. The Bertz CT molecular complexity index is 2450. The molecule has 3 aromatic rings. The van der Waals surface area contributed by atoms with Crippen LogP contribution >= 0.6 is 23.5 Å². The molecular weight excluding hydrogens is 875 g/mol. The van der Waals surface area contributed by atoms with Gasteiger partial charge in [-0.2, -0.15) is 4.98 Å². The van der Waals surface area contributed by atoms with Gasteiger partial charge >= 0.3 is 29.2 Å². The molecule has 3 aromatic heterocycles. The van der Waals surface area contributed by atoms with Gasteiger partial charge in [-0.05, 0) is 50.4 Å². The molecular formula is C33H46N7O18P3. The highest BCUT2D eigenvalue weighted by Gasteiger charge is 2.47. The van der Waals surface area contributed by atoms with Crippen molar-refractivity contribution in [3.8, 4) is 0 Å². The number of nitrogens with zero attached hydrogens (tertiary/aromatic N) is 4. The number of allylic oxidation sites excluding steroid dienone is 2. The summed E-state index contributed by atoms with van der Waals surface area (Å²) in [4.78, 5) is 82.2. The number of aryl methyl sites for hydroxylation is 1. The molecule has 4 fully saturated rings. The van der Waals surface area contributed by atoms with E-state index in [0.29, 0.717) is 18.9 Å². The fourth-order valence-electron chi connectivity index (χ4n) is 8.22. The Hall–Kier alpha value is -3.22. The van der Waals surface area contributed by atoms with Crippen LogP contribution in [0.5, 0.6) is 0 Å². The van der Waals surface area contributed by atoms with E-state index in [0.717, 1.165) is 23.8 Å². The lowest BCUT2D eigenvalue weighted by Crippen LogP contribution is -2.33. The zero-order valence-electron chi connectivity index (χ0n) is 32.5. The fourth-order valence-corrected chi connectivity index (χ4v) is 11.0. The smallest absolute Gasteiger partial charge is 0.376 e. The highest BCUT2D eigenvalue weighted by atomic mass is 31.2. The predicted molar refractivity (Wildman–Crippen MR) is 207 cm³/mol. The molecule has 6 unspecified atom stereocenters. The average Bonchev–Trinajstić information content (AvgIpc) is 4.05. The second kappa shape index (κ2) is 17.7. The number of anilines is 1. The van der Waals surface area contributed by atoms with Crippen LogP contribution in [0, 0.1) is 24.7 Å². The summed E-state index contributed by atoms with van der Waals surface area (Å²) in [5.41, 5.74) is 3.66. The minimum atomic E-state index is -5.17. The first kappa shape index (κ1) is 44.4. The minimum absolute atomic E-state index is 0.00547. The Morgan fingerprint density at radius 1 is 0.820 bits per heavy atom. The third-order valence-corrected chi connectivity index (χ3v) is 14.2. The van der Waals surface area contributed by atoms with Gasteiger partial charge in [-0.1, -0.05) is 12.2 Å². The summed E-state index contributed by atoms with van der Waals surface area (Å²) in [5, 5.41) is 0. The second-order valence-corrected chi connectivity index (χ2v) is 19.8. The van der Waals surface area contributed by atoms with Crippen molar-refractivity contribution < 1.29 is 69.7 Å². The van der Waals surface area contributed by atoms with E-state index >= 15 is 0 Å². The number of aromatic amines is 2. The molecule has 6 heterocycles. The van der Waals surface area contributed by atoms with Gasteiger partial charge in [-0.3, -0.25) is 55.8 Å². The van der Waals surface area contributed by atoms with E-state index in [1.165, 1.54) is 24.0 Å². The molecule has 336 valence electrons. The van der Waals surface area contributed by atoms with Gasteiger partial charge in [0.2, 0.25) is 5.95 Å². The number of phosphoric ester groups is 3. The zero-order chi connectivity index (χ0) is 43.3. The fraction of sp³-hybridized carbons (Fsp3) is 0.667. The summed E-state index contributed by atoms with van der Waals surface area (Å²) in [6.45, 7) is 0.121. The molecule has 0 aromatic carbocycles. The molecule has 61 heavy (non-hydrogen) atoms. The van der Waals surface area contributed by atoms with E-state index in [4.69, 9.17) is 47.1 Å². The van der Waals surface area contributed by atoms with Gasteiger partial charge in [-0.25, -0.2) is 23.5 Å². The Morgan fingerprint density at radius 3 is 2.08 bits per heavy atom. The van der Waals surface area contributed by atoms with Crippen molar-refractivity contribution >= 4 is 40.6 Å². The van der Waals surface area contributed by atoms with Crippen LogP contribution < -0.4 is 22.5 Å². The Labute approximate surface area is 345 Å². The number of nitrogens with one attached hydrogen (secondary N) is 2. The maximum atomic E-state index is 13.6. The molecule has 0 amide bonds. The Morgan fingerprint density at radius 2 is 1.46 bits per heavy atom. The molecule has 25 nitrogen and oxygen atoms in total. The number of hydrogen-bond acceptors (Lipinski definition) is 18. The number of nitrogen functional groups attached to an aromatic ring is 1. The highest BCUT2D eigenvalue weighted by molar-refractivity contribution is 7.48. The SMILES string of the molecule is Cc1cn([C@H]2C[C@@H](OP(=O)(O)OC[C@H]3O[C@@H](n4cnc5c(=O)[nH]c(N)nc54)C[C@H]3OP(=O)(O)OC[C@@H]3CCCO3)[C@@H](COP(=O)(O)OCC3CC4C=CC3C4)O2)c(=O)[nH]c1=O. The second-order valence-electron chi connectivity index (χ2n) is 15.5. The summed E-state index contributed by atoms with van der Waals surface area (Å²) in [6.07, 6.45) is 0.958. The number of hydrogen-bond donors (Lipinski definition) is 6. The van der Waals surface area contributed by atoms with Crippen LogP contribution in [0.2, 0.25) is 0 Å². The first-order valence-electron chi connectivity index (χ1n) is 19.5. The standard InChI is InChI=1S/C33H46N7O18P3/c1-17-11-39(33(43)38-30(17)41)26-9-22(24(55-26)14-53-59(44,45)51-12-20-8-18-4-5-19(20)7-18)58-61(48,49)54-15-25-23(57-60(46,47)52-13-21-3-2-6-50-21)10-27(56-25)40-16-35-28-29(40)36-32(34)37-31(28)42/h4-5,11,16,18-27H,2-3,6-10,12-15H2,1H3,(H,44,45)(H,46,47)(H,48,49)(H,38,41,43)(H3,34,36,37,42)/t18?,19?,20?,21-,22+,23+,24+,25+,26+,27+/m0/s1. The van der Waals surface area contributed by atoms with Crippen LogP contribution in [0.4, 0.5) is 5.95 Å². The molecule has 3 aliphatic heterocycles. The van der Waals surface area contributed by atoms with E-state index in [2.05, 4.69) is 32.1 Å². The number of nitrogens with two attached hydrogens (primary N) is 1. The van der Waals surface area contributed by atoms with Crippen molar-refractivity contribution in [1.82, 2.24) is 29.1 Å². The Kier molecular flexibility index (Phi) is 12.9. The van der Waals surface area contributed by atoms with Crippen molar-refractivity contribution in [1.29, 1.82) is 0 Å². The van der Waals surface area contributed by atoms with Crippen molar-refractivity contribution in [2.45, 2.75) is 88.4 Å². The van der Waals surface area contributed by atoms with Gasteiger partial charge in [0.15, 0.2) is 11.2 Å². The molecule has 3 saturated heterocycles. The van der Waals surface area contributed by atoms with Crippen molar-refractivity contribution in [2.75, 3.05) is 38.8 Å². The molecule has 0 spiro atoms. The quantitative estimate of drug-likeness (QED) is 0.0780. The van der Waals surface area contributed by atoms with Gasteiger partial charge < -0.3 is 34.6 Å². The highest BCUT2D eigenvalue weighted by Crippen LogP contribution is 2.53. The summed E-state index contributed by atoms with van der Waals surface area (Å²) in [5.74, 6) is 0.426. The molecule has 2 bridgehead atoms. The first-order valence-corrected chi connectivity index (χ1v) is 24.0. The van der Waals surface area contributed by atoms with Crippen molar-refractivity contribution in [2.24, 2.45) is 17.8 Å². The number of rotatable bonds is 18. The van der Waals surface area contributed by atoms with Crippen LogP contribution in [-0.2, 0) is 55.0 Å². The normalized spacial score (nSPS) is 32.7. The summed E-state index contributed by atoms with van der Waals surface area (Å²) in [7, 11) is -14.7. The van der Waals surface area contributed by atoms with Crippen LogP contribution in [0.25, 0.3) is 11.2 Å². The molecule has 2 aliphatic carbocycles. The monoisotopic (exact) mass is 921 g/mol. The van der Waals surface area contributed by atoms with Gasteiger partial charge in [0.05, 0.1) is 38.9 Å². The van der Waals surface area contributed by atoms with Gasteiger partial charge in [-0.15, -0.1) is 0 Å². The molecule has 28 heteroatoms. The van der Waals surface area contributed by atoms with Crippen LogP contribution in [0.15, 0.2) is 39.1 Å². The number of phosphoric acid groups is 3. The third-order valence-electron chi connectivity index (χ3n) is 11.2. The molecule has 7 N–H and O–H groups in total. The van der Waals surface area contributed by atoms with E-state index in [-0.39, 0.29) is 60.6 Å². The number of ether oxygens (including phenoxy) is 3. The van der Waals surface area contributed by atoms with Crippen LogP contribution in [0.3, 0.4) is 0 Å². The van der Waals surface area contributed by atoms with Crippen molar-refractivity contribution in [3.63, 3.8) is 0 Å². The molecule has 13 atom stereocenters. The zero-order valence-corrected chi connectivity index (χ0v) is 35.2. The maximum absolute atomic E-state index is 13.6. The van der Waals surface area contributed by atoms with Crippen LogP contribution in [0.1, 0.15) is 56.5 Å². The Balaban J connectivity index is 0.966. The van der Waals surface area contributed by atoms with E-state index < -0.39 is 96.5 Å². The average molecular weight is 922 g/mol. The maximum Gasteiger partial charge on any atom is 0.472 e. The largest absolute Gasteiger partial charge is 0.472 e. The van der Waals surface area contributed by atoms with E-state index in [1.54, 1.807) is 0 Å². The summed E-state index contributed by atoms with van der Waals surface area (Å²) in [6, 6.07) is 0. The van der Waals surface area contributed by atoms with Gasteiger partial charge in [0.1, 0.15) is 36.9 Å². The lowest BCUT2D eigenvalue weighted by atomic mass is 9.95. The summed E-state index contributed by atoms with van der Waals surface area (Å²) < 4.78 is 91.7. The first-order chi connectivity index (χ1) is 28.9. The van der Waals surface area contributed by atoms with E-state index in [9.17, 15) is 42.8 Å². The minimum Gasteiger partial charge on any atom is -0.376 e. The third kappa shape index (κ3) is 10.4. The van der Waals surface area contributed by atoms with Crippen molar-refractivity contribution in [3.05, 3.63) is 61.4 Å². The summed E-state index contributed by atoms with van der Waals surface area (Å²) >= 11 is 0. The van der Waals surface area contributed by atoms with E-state index in [1.807, 2.05) is 0 Å².